The summed E-state index contributed by atoms with van der Waals surface area (Å²) in [6.45, 7) is 9.88. The van der Waals surface area contributed by atoms with Gasteiger partial charge in [0.25, 0.3) is 0 Å². The molecular weight excluding hydrogens is 272 g/mol. The summed E-state index contributed by atoms with van der Waals surface area (Å²) >= 11 is 0. The number of aliphatic hydroxyl groups excluding tert-OH is 1. The molecule has 1 rings (SSSR count). The zero-order valence-corrected chi connectivity index (χ0v) is 13.9. The Kier molecular flexibility index (Phi) is 7.30. The molecule has 0 aliphatic rings. The van der Waals surface area contributed by atoms with Crippen LogP contribution in [0.15, 0.2) is 60.2 Å². The number of rotatable bonds is 8. The van der Waals surface area contributed by atoms with E-state index in [9.17, 15) is 5.11 Å². The van der Waals surface area contributed by atoms with Gasteiger partial charge in [-0.1, -0.05) is 67.6 Å². The monoisotopic (exact) mass is 300 g/mol. The molecule has 2 nitrogen and oxygen atoms in total. The fourth-order valence-electron chi connectivity index (χ4n) is 2.18. The molecule has 0 saturated heterocycles. The predicted octanol–water partition coefficient (Wildman–Crippen LogP) is 4.36. The van der Waals surface area contributed by atoms with Crippen molar-refractivity contribution in [3.05, 3.63) is 65.8 Å². The first-order valence-corrected chi connectivity index (χ1v) is 7.76. The van der Waals surface area contributed by atoms with E-state index in [-0.39, 0.29) is 12.5 Å². The van der Waals surface area contributed by atoms with Crippen LogP contribution in [0.2, 0.25) is 0 Å². The van der Waals surface area contributed by atoms with Crippen molar-refractivity contribution < 1.29 is 10.2 Å². The lowest BCUT2D eigenvalue weighted by atomic mass is 9.90. The second-order valence-electron chi connectivity index (χ2n) is 6.27. The standard InChI is InChI=1S/C20H28O2/c1-16(13-17(2)15-21)14-18(3)20(4,22)12-8-11-19-9-6-5-7-10-19/h5-11,14,17,21-22H,1,12-13,15H2,2-4H3/b11-8+,18-14+. The van der Waals surface area contributed by atoms with E-state index in [1.165, 1.54) is 0 Å². The lowest BCUT2D eigenvalue weighted by Gasteiger charge is -2.23. The van der Waals surface area contributed by atoms with Crippen LogP contribution in [0.3, 0.4) is 0 Å². The normalized spacial score (nSPS) is 16.5. The molecule has 0 amide bonds. The van der Waals surface area contributed by atoms with Crippen LogP contribution >= 0.6 is 0 Å². The minimum Gasteiger partial charge on any atom is -0.396 e. The summed E-state index contributed by atoms with van der Waals surface area (Å²) in [7, 11) is 0. The Balaban J connectivity index is 2.64. The van der Waals surface area contributed by atoms with Gasteiger partial charge in [-0.3, -0.25) is 0 Å². The molecule has 0 aliphatic carbocycles. The van der Waals surface area contributed by atoms with Crippen LogP contribution in [-0.4, -0.2) is 22.4 Å². The zero-order chi connectivity index (χ0) is 16.6. The number of benzene rings is 1. The van der Waals surface area contributed by atoms with E-state index in [1.807, 2.05) is 69.3 Å². The fraction of sp³-hybridized carbons (Fsp3) is 0.400. The molecule has 120 valence electrons. The SMILES string of the molecule is C=C(/C=C(\C)C(C)(O)C/C=C/c1ccccc1)CC(C)CO. The topological polar surface area (TPSA) is 40.5 Å². The Morgan fingerprint density at radius 1 is 1.32 bits per heavy atom. The van der Waals surface area contributed by atoms with E-state index in [0.29, 0.717) is 6.42 Å². The third-order valence-corrected chi connectivity index (χ3v) is 3.82. The van der Waals surface area contributed by atoms with Gasteiger partial charge in [-0.25, -0.2) is 0 Å². The summed E-state index contributed by atoms with van der Waals surface area (Å²) in [5.41, 5.74) is 2.06. The molecule has 0 aromatic heterocycles. The van der Waals surface area contributed by atoms with E-state index in [2.05, 4.69) is 6.58 Å². The number of hydrogen-bond acceptors (Lipinski definition) is 2. The maximum atomic E-state index is 10.6. The van der Waals surface area contributed by atoms with Gasteiger partial charge < -0.3 is 10.2 Å². The Bertz CT molecular complexity index is 524. The highest BCUT2D eigenvalue weighted by molar-refractivity contribution is 5.49. The molecule has 1 aromatic carbocycles. The van der Waals surface area contributed by atoms with Gasteiger partial charge in [-0.2, -0.15) is 0 Å². The lowest BCUT2D eigenvalue weighted by Crippen LogP contribution is -2.24. The van der Waals surface area contributed by atoms with Gasteiger partial charge in [-0.15, -0.1) is 0 Å². The van der Waals surface area contributed by atoms with Crippen LogP contribution in [0.1, 0.15) is 39.2 Å². The van der Waals surface area contributed by atoms with E-state index >= 15 is 0 Å². The van der Waals surface area contributed by atoms with E-state index in [1.54, 1.807) is 0 Å². The maximum Gasteiger partial charge on any atom is 0.0863 e. The summed E-state index contributed by atoms with van der Waals surface area (Å²) in [6.07, 6.45) is 7.23. The number of aliphatic hydroxyl groups is 2. The minimum atomic E-state index is -0.892. The van der Waals surface area contributed by atoms with Gasteiger partial charge in [-0.05, 0) is 43.7 Å². The highest BCUT2D eigenvalue weighted by Gasteiger charge is 2.21. The molecule has 0 aliphatic heterocycles. The summed E-state index contributed by atoms with van der Waals surface area (Å²) < 4.78 is 0. The first-order chi connectivity index (χ1) is 10.3. The molecule has 0 heterocycles. The predicted molar refractivity (Wildman–Crippen MR) is 94.5 cm³/mol. The van der Waals surface area contributed by atoms with Crippen molar-refractivity contribution in [1.29, 1.82) is 0 Å². The average molecular weight is 300 g/mol. The molecule has 0 fully saturated rings. The molecule has 0 radical (unpaired) electrons. The number of allylic oxidation sites excluding steroid dienone is 2. The van der Waals surface area contributed by atoms with Crippen molar-refractivity contribution in [2.75, 3.05) is 6.61 Å². The fourth-order valence-corrected chi connectivity index (χ4v) is 2.18. The molecule has 2 unspecified atom stereocenters. The Hall–Kier alpha value is -1.64. The Morgan fingerprint density at radius 2 is 1.95 bits per heavy atom. The molecule has 0 bridgehead atoms. The van der Waals surface area contributed by atoms with Crippen molar-refractivity contribution in [2.24, 2.45) is 5.92 Å². The quantitative estimate of drug-likeness (QED) is 0.700. The largest absolute Gasteiger partial charge is 0.396 e. The molecular formula is C20H28O2. The third kappa shape index (κ3) is 6.42. The molecule has 0 spiro atoms. The van der Waals surface area contributed by atoms with Crippen molar-refractivity contribution in [2.45, 2.75) is 39.2 Å². The molecule has 22 heavy (non-hydrogen) atoms. The molecule has 0 saturated carbocycles. The molecule has 2 atom stereocenters. The smallest absolute Gasteiger partial charge is 0.0863 e. The zero-order valence-electron chi connectivity index (χ0n) is 13.9. The maximum absolute atomic E-state index is 10.6. The third-order valence-electron chi connectivity index (χ3n) is 3.82. The summed E-state index contributed by atoms with van der Waals surface area (Å²) in [5.74, 6) is 0.194. The van der Waals surface area contributed by atoms with Crippen molar-refractivity contribution in [3.63, 3.8) is 0 Å². The van der Waals surface area contributed by atoms with Crippen LogP contribution in [0.4, 0.5) is 0 Å². The average Bonchev–Trinajstić information content (AvgIpc) is 2.47. The van der Waals surface area contributed by atoms with Crippen LogP contribution < -0.4 is 0 Å². The Labute approximate surface area is 134 Å². The van der Waals surface area contributed by atoms with Gasteiger partial charge >= 0.3 is 0 Å². The van der Waals surface area contributed by atoms with Crippen LogP contribution in [0.25, 0.3) is 6.08 Å². The molecule has 2 heteroatoms. The van der Waals surface area contributed by atoms with Crippen molar-refractivity contribution >= 4 is 6.08 Å². The van der Waals surface area contributed by atoms with E-state index in [4.69, 9.17) is 5.11 Å². The van der Waals surface area contributed by atoms with Gasteiger partial charge in [0.05, 0.1) is 5.60 Å². The van der Waals surface area contributed by atoms with Gasteiger partial charge in [0.1, 0.15) is 0 Å². The molecule has 1 aromatic rings. The van der Waals surface area contributed by atoms with Gasteiger partial charge in [0.2, 0.25) is 0 Å². The second kappa shape index (κ2) is 8.72. The first-order valence-electron chi connectivity index (χ1n) is 7.76. The van der Waals surface area contributed by atoms with Crippen LogP contribution in [0, 0.1) is 5.92 Å². The summed E-state index contributed by atoms with van der Waals surface area (Å²) in [6, 6.07) is 10.0. The minimum absolute atomic E-state index is 0.155. The van der Waals surface area contributed by atoms with Gasteiger partial charge in [0.15, 0.2) is 0 Å². The van der Waals surface area contributed by atoms with Gasteiger partial charge in [0, 0.05) is 6.61 Å². The number of hydrogen-bond donors (Lipinski definition) is 2. The van der Waals surface area contributed by atoms with Crippen LogP contribution in [0.5, 0.6) is 0 Å². The summed E-state index contributed by atoms with van der Waals surface area (Å²) in [5, 5.41) is 19.7. The lowest BCUT2D eigenvalue weighted by molar-refractivity contribution is 0.102. The molecule has 2 N–H and O–H groups in total. The Morgan fingerprint density at radius 3 is 2.55 bits per heavy atom. The second-order valence-corrected chi connectivity index (χ2v) is 6.27. The summed E-state index contributed by atoms with van der Waals surface area (Å²) in [4.78, 5) is 0. The van der Waals surface area contributed by atoms with E-state index in [0.717, 1.165) is 23.1 Å². The highest BCUT2D eigenvalue weighted by atomic mass is 16.3. The van der Waals surface area contributed by atoms with Crippen molar-refractivity contribution in [3.8, 4) is 0 Å². The first kappa shape index (κ1) is 18.4. The van der Waals surface area contributed by atoms with Crippen molar-refractivity contribution in [1.82, 2.24) is 0 Å². The van der Waals surface area contributed by atoms with E-state index < -0.39 is 5.60 Å². The van der Waals surface area contributed by atoms with Crippen LogP contribution in [-0.2, 0) is 0 Å². The highest BCUT2D eigenvalue weighted by Crippen LogP contribution is 2.24.